The van der Waals surface area contributed by atoms with Gasteiger partial charge in [0.15, 0.2) is 0 Å². The summed E-state index contributed by atoms with van der Waals surface area (Å²) in [7, 11) is 2.15. The number of aromatic nitrogens is 1. The third-order valence-corrected chi connectivity index (χ3v) is 7.63. The van der Waals surface area contributed by atoms with E-state index in [0.29, 0.717) is 18.9 Å². The van der Waals surface area contributed by atoms with E-state index in [0.717, 1.165) is 63.6 Å². The predicted octanol–water partition coefficient (Wildman–Crippen LogP) is -0.707. The van der Waals surface area contributed by atoms with Crippen molar-refractivity contribution in [3.05, 3.63) is 18.3 Å². The first-order valence-corrected chi connectivity index (χ1v) is 12.4. The quantitative estimate of drug-likeness (QED) is 0.379. The molecule has 4 atom stereocenters. The summed E-state index contributed by atoms with van der Waals surface area (Å²) < 4.78 is 0. The van der Waals surface area contributed by atoms with Crippen molar-refractivity contribution in [1.82, 2.24) is 36.3 Å². The molecule has 4 saturated heterocycles. The Bertz CT molecular complexity index is 873. The molecule has 1 aromatic heterocycles. The number of piperidine rings is 1. The molecule has 4 fully saturated rings. The molecule has 0 aliphatic carbocycles. The minimum absolute atomic E-state index is 0.00639. The maximum atomic E-state index is 12.8. The number of carbonyl (C=O) groups excluding carboxylic acids is 1. The van der Waals surface area contributed by atoms with E-state index in [4.69, 9.17) is 10.2 Å². The van der Waals surface area contributed by atoms with Gasteiger partial charge >= 0.3 is 0 Å². The molecule has 4 unspecified atom stereocenters. The molecule has 34 heavy (non-hydrogen) atoms. The zero-order valence-corrected chi connectivity index (χ0v) is 19.8. The van der Waals surface area contributed by atoms with Crippen molar-refractivity contribution in [2.24, 2.45) is 11.8 Å². The van der Waals surface area contributed by atoms with Crippen molar-refractivity contribution in [2.75, 3.05) is 63.1 Å². The smallest absolute Gasteiger partial charge is 0.242 e. The van der Waals surface area contributed by atoms with E-state index in [-0.39, 0.29) is 30.3 Å². The van der Waals surface area contributed by atoms with Crippen molar-refractivity contribution in [1.29, 1.82) is 5.26 Å². The van der Waals surface area contributed by atoms with Crippen LogP contribution in [0.5, 0.6) is 0 Å². The number of nitriles is 1. The summed E-state index contributed by atoms with van der Waals surface area (Å²) in [6.45, 7) is 6.58. The van der Waals surface area contributed by atoms with Gasteiger partial charge in [-0.2, -0.15) is 5.26 Å². The maximum absolute atomic E-state index is 12.8. The van der Waals surface area contributed by atoms with E-state index in [1.165, 1.54) is 0 Å². The van der Waals surface area contributed by atoms with Gasteiger partial charge in [-0.15, -0.1) is 0 Å². The van der Waals surface area contributed by atoms with E-state index in [1.54, 1.807) is 0 Å². The summed E-state index contributed by atoms with van der Waals surface area (Å²) >= 11 is 0. The molecule has 5 rings (SSSR count). The number of fused-ring (bicyclic) bond motifs is 1. The van der Waals surface area contributed by atoms with E-state index >= 15 is 0 Å². The molecule has 0 spiro atoms. The Morgan fingerprint density at radius 1 is 1.15 bits per heavy atom. The molecule has 11 heteroatoms. The van der Waals surface area contributed by atoms with Gasteiger partial charge in [0.25, 0.3) is 0 Å². The largest absolute Gasteiger partial charge is 0.368 e. The van der Waals surface area contributed by atoms with E-state index in [9.17, 15) is 4.79 Å². The molecule has 11 nitrogen and oxygen atoms in total. The molecule has 5 heterocycles. The number of anilines is 2. The third-order valence-electron chi connectivity index (χ3n) is 7.63. The maximum Gasteiger partial charge on any atom is 0.242 e. The van der Waals surface area contributed by atoms with Gasteiger partial charge in [0, 0.05) is 58.3 Å². The summed E-state index contributed by atoms with van der Waals surface area (Å²) in [5, 5.41) is 19.8. The van der Waals surface area contributed by atoms with Crippen LogP contribution in [0.25, 0.3) is 0 Å². The average Bonchev–Trinajstić information content (AvgIpc) is 2.86. The van der Waals surface area contributed by atoms with Crippen LogP contribution in [0, 0.1) is 23.2 Å². The molecular weight excluding hydrogens is 432 g/mol. The Balaban J connectivity index is 1.26. The van der Waals surface area contributed by atoms with Crippen LogP contribution in [-0.4, -0.2) is 92.0 Å². The van der Waals surface area contributed by atoms with Gasteiger partial charge in [-0.3, -0.25) is 25.8 Å². The summed E-state index contributed by atoms with van der Waals surface area (Å²) in [5.41, 5.74) is 6.70. The number of likely N-dealkylation sites (tertiary alicyclic amines) is 1. The van der Waals surface area contributed by atoms with Crippen LogP contribution < -0.4 is 31.7 Å². The fourth-order valence-corrected chi connectivity index (χ4v) is 5.47. The van der Waals surface area contributed by atoms with Gasteiger partial charge in [0.1, 0.15) is 12.1 Å². The van der Waals surface area contributed by atoms with Gasteiger partial charge in [-0.1, -0.05) is 0 Å². The Morgan fingerprint density at radius 2 is 1.94 bits per heavy atom. The summed E-state index contributed by atoms with van der Waals surface area (Å²) in [4.78, 5) is 24.5. The Labute approximate surface area is 201 Å². The van der Waals surface area contributed by atoms with Gasteiger partial charge < -0.3 is 15.1 Å². The highest BCUT2D eigenvalue weighted by atomic mass is 16.2. The molecule has 0 aromatic carbocycles. The number of likely N-dealkylation sites (N-methyl/N-ethyl adjacent to an activating group) is 1. The van der Waals surface area contributed by atoms with Gasteiger partial charge in [0.2, 0.25) is 5.91 Å². The van der Waals surface area contributed by atoms with Gasteiger partial charge in [-0.05, 0) is 37.9 Å². The number of carbonyl (C=O) groups is 1. The number of hydrogen-bond donors (Lipinski definition) is 5. The summed E-state index contributed by atoms with van der Waals surface area (Å²) in [5.74, 6) is 1.19. The van der Waals surface area contributed by atoms with Crippen molar-refractivity contribution >= 4 is 17.4 Å². The number of rotatable bonds is 5. The number of piperazine rings is 1. The fourth-order valence-electron chi connectivity index (χ4n) is 5.47. The number of hydrogen-bond acceptors (Lipinski definition) is 10. The van der Waals surface area contributed by atoms with Crippen molar-refractivity contribution in [3.8, 4) is 6.07 Å². The third kappa shape index (κ3) is 5.11. The molecule has 0 radical (unpaired) electrons. The molecule has 1 amide bonds. The topological polar surface area (TPSA) is 124 Å². The lowest BCUT2D eigenvalue weighted by molar-refractivity contribution is -0.132. The van der Waals surface area contributed by atoms with Crippen molar-refractivity contribution < 1.29 is 4.79 Å². The van der Waals surface area contributed by atoms with Gasteiger partial charge in [0.05, 0.1) is 30.0 Å². The normalized spacial score (nSPS) is 31.4. The second-order valence-electron chi connectivity index (χ2n) is 9.90. The molecular formula is C23H36N10O. The molecule has 1 aromatic rings. The van der Waals surface area contributed by atoms with Crippen molar-refractivity contribution in [2.45, 2.75) is 37.8 Å². The first-order chi connectivity index (χ1) is 16.6. The van der Waals surface area contributed by atoms with Crippen LogP contribution in [0.1, 0.15) is 19.3 Å². The first kappa shape index (κ1) is 23.3. The Morgan fingerprint density at radius 3 is 2.65 bits per heavy atom. The van der Waals surface area contributed by atoms with Crippen LogP contribution >= 0.6 is 0 Å². The van der Waals surface area contributed by atoms with Crippen LogP contribution in [0.15, 0.2) is 18.3 Å². The molecule has 4 aliphatic heterocycles. The van der Waals surface area contributed by atoms with E-state index in [1.807, 2.05) is 6.20 Å². The molecule has 0 saturated carbocycles. The zero-order valence-electron chi connectivity index (χ0n) is 19.8. The minimum Gasteiger partial charge on any atom is -0.368 e. The standard InChI is InChI=1S/C23H36N10O/c1-31-10-12-32(13-11-31)19-3-2-17(14-25-19)27-21-20-18(15-26-30-22(20)34)28-23(29-21)33-8-5-16(4-7-24)6-9-33/h2-3,14,16,18,20-21,23,26-29H,4-6,8-13,15H2,1H3,(H,30,34). The van der Waals surface area contributed by atoms with Crippen LogP contribution in [0.4, 0.5) is 11.5 Å². The summed E-state index contributed by atoms with van der Waals surface area (Å²) in [6.07, 6.45) is 4.29. The zero-order chi connectivity index (χ0) is 23.5. The van der Waals surface area contributed by atoms with E-state index < -0.39 is 0 Å². The lowest BCUT2D eigenvalue weighted by atomic mass is 9.90. The lowest BCUT2D eigenvalue weighted by Gasteiger charge is -2.49. The van der Waals surface area contributed by atoms with Gasteiger partial charge in [-0.25, -0.2) is 10.4 Å². The van der Waals surface area contributed by atoms with Crippen molar-refractivity contribution in [3.63, 3.8) is 0 Å². The second-order valence-corrected chi connectivity index (χ2v) is 9.90. The van der Waals surface area contributed by atoms with Crippen LogP contribution in [0.2, 0.25) is 0 Å². The minimum atomic E-state index is -0.258. The van der Waals surface area contributed by atoms with E-state index in [2.05, 4.69) is 66.8 Å². The Kier molecular flexibility index (Phi) is 7.12. The summed E-state index contributed by atoms with van der Waals surface area (Å²) in [6, 6.07) is 6.44. The first-order valence-electron chi connectivity index (χ1n) is 12.4. The molecule has 184 valence electrons. The highest BCUT2D eigenvalue weighted by molar-refractivity contribution is 5.81. The monoisotopic (exact) mass is 468 g/mol. The van der Waals surface area contributed by atoms with Crippen LogP contribution in [-0.2, 0) is 4.79 Å². The SMILES string of the molecule is CN1CCN(c2ccc(NC3NC(N4CCC(CC#N)CC4)NC4CNNC(=O)C43)cn2)CC1. The Hall–Kier alpha value is -2.49. The molecule has 4 aliphatic rings. The number of pyridine rings is 1. The molecule has 5 N–H and O–H groups in total. The second kappa shape index (κ2) is 10.4. The highest BCUT2D eigenvalue weighted by Crippen LogP contribution is 2.25. The fraction of sp³-hybridized carbons (Fsp3) is 0.696. The molecule has 0 bridgehead atoms. The number of amides is 1. The number of hydrazine groups is 1. The number of nitrogens with zero attached hydrogens (tertiary/aromatic N) is 5. The highest BCUT2D eigenvalue weighted by Gasteiger charge is 2.45. The van der Waals surface area contributed by atoms with Crippen LogP contribution in [0.3, 0.4) is 0 Å². The average molecular weight is 469 g/mol. The number of nitrogens with one attached hydrogen (secondary N) is 5. The lowest BCUT2D eigenvalue weighted by Crippen LogP contribution is -2.77. The predicted molar refractivity (Wildman–Crippen MR) is 129 cm³/mol.